The highest BCUT2D eigenvalue weighted by Gasteiger charge is 2.23. The van der Waals surface area contributed by atoms with Crippen LogP contribution in [0.5, 0.6) is 11.5 Å². The fraction of sp³-hybridized carbons (Fsp3) is 0.0476. The summed E-state index contributed by atoms with van der Waals surface area (Å²) >= 11 is 11.9. The van der Waals surface area contributed by atoms with Crippen molar-refractivity contribution in [2.75, 3.05) is 11.5 Å². The van der Waals surface area contributed by atoms with E-state index < -0.39 is 20.9 Å². The summed E-state index contributed by atoms with van der Waals surface area (Å²) in [5.74, 6) is -0.223. The van der Waals surface area contributed by atoms with Gasteiger partial charge in [-0.3, -0.25) is 19.6 Å². The van der Waals surface area contributed by atoms with Crippen LogP contribution < -0.4 is 19.6 Å². The van der Waals surface area contributed by atoms with Crippen molar-refractivity contribution in [2.24, 2.45) is 5.10 Å². The molecule has 0 saturated heterocycles. The Labute approximate surface area is 208 Å². The molecule has 4 rings (SSSR count). The Morgan fingerprint density at radius 3 is 2.57 bits per heavy atom. The van der Waals surface area contributed by atoms with Crippen LogP contribution in [0.15, 0.2) is 64.6 Å². The number of ether oxygens (including phenoxy) is 2. The van der Waals surface area contributed by atoms with Crippen LogP contribution in [-0.2, 0) is 10.0 Å². The van der Waals surface area contributed by atoms with E-state index in [9.17, 15) is 23.3 Å². The highest BCUT2D eigenvalue weighted by Crippen LogP contribution is 2.37. The zero-order valence-corrected chi connectivity index (χ0v) is 19.7. The number of hydrogen-bond donors (Lipinski definition) is 2. The minimum Gasteiger partial charge on any atom is -0.454 e. The van der Waals surface area contributed by atoms with Crippen LogP contribution in [0.4, 0.5) is 11.4 Å². The second-order valence-electron chi connectivity index (χ2n) is 6.98. The molecule has 35 heavy (non-hydrogen) atoms. The standard InChI is InChI=1S/C21H14Cl2N4O7S/c22-14-4-5-16(23)17(8-14)26-35(31,32)15-3-1-2-12(6-15)21(28)25-24-10-13-7-19-20(34-11-33-19)9-18(13)27(29)30/h1-10,26H,11H2,(H,25,28)/b24-10+. The third kappa shape index (κ3) is 5.45. The fourth-order valence-corrected chi connectivity index (χ4v) is 4.53. The van der Waals surface area contributed by atoms with Gasteiger partial charge in [-0.1, -0.05) is 29.3 Å². The molecule has 3 aromatic rings. The van der Waals surface area contributed by atoms with Crippen LogP contribution in [-0.4, -0.2) is 32.3 Å². The van der Waals surface area contributed by atoms with E-state index in [4.69, 9.17) is 32.7 Å². The van der Waals surface area contributed by atoms with Gasteiger partial charge >= 0.3 is 0 Å². The highest BCUT2D eigenvalue weighted by molar-refractivity contribution is 7.92. The number of halogens is 2. The third-order valence-electron chi connectivity index (χ3n) is 4.67. The van der Waals surface area contributed by atoms with Gasteiger partial charge in [0.05, 0.1) is 38.4 Å². The van der Waals surface area contributed by atoms with Crippen molar-refractivity contribution in [1.82, 2.24) is 5.43 Å². The summed E-state index contributed by atoms with van der Waals surface area (Å²) in [4.78, 5) is 23.0. The fourth-order valence-electron chi connectivity index (χ4n) is 3.02. The van der Waals surface area contributed by atoms with E-state index in [2.05, 4.69) is 15.2 Å². The summed E-state index contributed by atoms with van der Waals surface area (Å²) < 4.78 is 38.2. The van der Waals surface area contributed by atoms with E-state index >= 15 is 0 Å². The van der Waals surface area contributed by atoms with Crippen LogP contribution in [0.25, 0.3) is 0 Å². The van der Waals surface area contributed by atoms with Crippen molar-refractivity contribution in [3.8, 4) is 11.5 Å². The summed E-state index contributed by atoms with van der Waals surface area (Å²) in [6.07, 6.45) is 1.07. The Hall–Kier alpha value is -3.87. The second kappa shape index (κ2) is 9.78. The molecule has 3 aromatic carbocycles. The molecule has 0 spiro atoms. The number of nitrogens with zero attached hydrogens (tertiary/aromatic N) is 2. The lowest BCUT2D eigenvalue weighted by molar-refractivity contribution is -0.385. The van der Waals surface area contributed by atoms with Crippen molar-refractivity contribution < 1.29 is 27.6 Å². The van der Waals surface area contributed by atoms with Gasteiger partial charge in [-0.25, -0.2) is 13.8 Å². The number of hydrogen-bond acceptors (Lipinski definition) is 8. The van der Waals surface area contributed by atoms with Gasteiger partial charge in [-0.05, 0) is 42.5 Å². The maximum atomic E-state index is 12.8. The molecule has 14 heteroatoms. The van der Waals surface area contributed by atoms with Gasteiger partial charge in [0.25, 0.3) is 21.6 Å². The summed E-state index contributed by atoms with van der Waals surface area (Å²) in [7, 11) is -4.11. The molecule has 180 valence electrons. The number of carbonyl (C=O) groups excluding carboxylic acids is 1. The van der Waals surface area contributed by atoms with Gasteiger partial charge in [-0.2, -0.15) is 5.10 Å². The first-order chi connectivity index (χ1) is 16.6. The van der Waals surface area contributed by atoms with Crippen molar-refractivity contribution >= 4 is 56.7 Å². The Balaban J connectivity index is 1.51. The average molecular weight is 537 g/mol. The normalized spacial score (nSPS) is 12.5. The van der Waals surface area contributed by atoms with Gasteiger partial charge in [-0.15, -0.1) is 0 Å². The van der Waals surface area contributed by atoms with E-state index in [1.54, 1.807) is 0 Å². The molecule has 1 aliphatic rings. The number of hydrazone groups is 1. The zero-order chi connectivity index (χ0) is 25.2. The zero-order valence-electron chi connectivity index (χ0n) is 17.4. The molecule has 0 aliphatic carbocycles. The maximum Gasteiger partial charge on any atom is 0.282 e. The lowest BCUT2D eigenvalue weighted by Gasteiger charge is -2.11. The summed E-state index contributed by atoms with van der Waals surface area (Å²) in [5.41, 5.74) is 2.02. The first-order valence-corrected chi connectivity index (χ1v) is 11.9. The third-order valence-corrected chi connectivity index (χ3v) is 6.60. The molecule has 0 saturated carbocycles. The molecule has 0 aromatic heterocycles. The van der Waals surface area contributed by atoms with Gasteiger partial charge in [0.15, 0.2) is 11.5 Å². The lowest BCUT2D eigenvalue weighted by Crippen LogP contribution is -2.19. The van der Waals surface area contributed by atoms with E-state index in [-0.39, 0.29) is 50.0 Å². The summed E-state index contributed by atoms with van der Waals surface area (Å²) in [6.45, 7) is -0.0680. The Morgan fingerprint density at radius 1 is 1.09 bits per heavy atom. The first-order valence-electron chi connectivity index (χ1n) is 9.63. The monoisotopic (exact) mass is 536 g/mol. The van der Waals surface area contributed by atoms with E-state index in [0.717, 1.165) is 12.3 Å². The number of nitrogens with one attached hydrogen (secondary N) is 2. The van der Waals surface area contributed by atoms with Crippen molar-refractivity contribution in [3.05, 3.63) is 85.9 Å². The van der Waals surface area contributed by atoms with Gasteiger partial charge < -0.3 is 9.47 Å². The summed E-state index contributed by atoms with van der Waals surface area (Å²) in [6, 6.07) is 12.0. The topological polar surface area (TPSA) is 149 Å². The number of rotatable bonds is 7. The summed E-state index contributed by atoms with van der Waals surface area (Å²) in [5, 5.41) is 15.5. The Bertz CT molecular complexity index is 1480. The van der Waals surface area contributed by atoms with E-state index in [1.165, 1.54) is 48.5 Å². The molecule has 0 bridgehead atoms. The quantitative estimate of drug-likeness (QED) is 0.261. The molecule has 2 N–H and O–H groups in total. The molecule has 11 nitrogen and oxygen atoms in total. The second-order valence-corrected chi connectivity index (χ2v) is 9.50. The molecular weight excluding hydrogens is 523 g/mol. The van der Waals surface area contributed by atoms with Gasteiger partial charge in [0.1, 0.15) is 0 Å². The molecule has 1 amide bonds. The van der Waals surface area contributed by atoms with E-state index in [0.29, 0.717) is 5.75 Å². The maximum absolute atomic E-state index is 12.8. The van der Waals surface area contributed by atoms with E-state index in [1.807, 2.05) is 0 Å². The van der Waals surface area contributed by atoms with Crippen LogP contribution >= 0.6 is 23.2 Å². The largest absolute Gasteiger partial charge is 0.454 e. The molecule has 0 radical (unpaired) electrons. The molecular formula is C21H14Cl2N4O7S. The molecule has 0 atom stereocenters. The van der Waals surface area contributed by atoms with Gasteiger partial charge in [0, 0.05) is 10.6 Å². The predicted octanol–water partition coefficient (Wildman–Crippen LogP) is 4.20. The number of sulfonamides is 1. The highest BCUT2D eigenvalue weighted by atomic mass is 35.5. The van der Waals surface area contributed by atoms with Crippen molar-refractivity contribution in [3.63, 3.8) is 0 Å². The van der Waals surface area contributed by atoms with Crippen molar-refractivity contribution in [1.29, 1.82) is 0 Å². The smallest absolute Gasteiger partial charge is 0.282 e. The number of amides is 1. The average Bonchev–Trinajstić information content (AvgIpc) is 3.28. The molecule has 0 unspecified atom stereocenters. The minimum absolute atomic E-state index is 0.0256. The van der Waals surface area contributed by atoms with Crippen LogP contribution in [0.2, 0.25) is 10.0 Å². The number of benzene rings is 3. The van der Waals surface area contributed by atoms with Crippen LogP contribution in [0.1, 0.15) is 15.9 Å². The number of anilines is 1. The van der Waals surface area contributed by atoms with Crippen LogP contribution in [0, 0.1) is 10.1 Å². The lowest BCUT2D eigenvalue weighted by atomic mass is 10.1. The number of carbonyl (C=O) groups is 1. The molecule has 1 heterocycles. The number of nitro groups is 1. The number of fused-ring (bicyclic) bond motifs is 1. The SMILES string of the molecule is O=C(N/N=C/c1cc2c(cc1[N+](=O)[O-])OCO2)c1cccc(S(=O)(=O)Nc2cc(Cl)ccc2Cl)c1. The predicted molar refractivity (Wildman–Crippen MR) is 128 cm³/mol. The molecule has 1 aliphatic heterocycles. The Morgan fingerprint density at radius 2 is 1.83 bits per heavy atom. The van der Waals surface area contributed by atoms with Crippen LogP contribution in [0.3, 0.4) is 0 Å². The van der Waals surface area contributed by atoms with Gasteiger partial charge in [0.2, 0.25) is 6.79 Å². The molecule has 0 fully saturated rings. The first kappa shape index (κ1) is 24.3. The Kier molecular flexibility index (Phi) is 6.78. The minimum atomic E-state index is -4.11. The number of nitro benzene ring substituents is 1. The van der Waals surface area contributed by atoms with Crippen molar-refractivity contribution in [2.45, 2.75) is 4.90 Å².